The quantitative estimate of drug-likeness (QED) is 0.937. The van der Waals surface area contributed by atoms with E-state index < -0.39 is 0 Å². The van der Waals surface area contributed by atoms with Gasteiger partial charge in [0.2, 0.25) is 0 Å². The van der Waals surface area contributed by atoms with Crippen molar-refractivity contribution in [3.05, 3.63) is 47.0 Å². The number of benzene rings is 2. The van der Waals surface area contributed by atoms with Gasteiger partial charge in [0.05, 0.1) is 14.2 Å². The van der Waals surface area contributed by atoms with Crippen molar-refractivity contribution < 1.29 is 19.3 Å². The average Bonchev–Trinajstić information content (AvgIpc) is 2.56. The lowest BCUT2D eigenvalue weighted by atomic mass is 9.94. The molecule has 1 aliphatic rings. The van der Waals surface area contributed by atoms with Gasteiger partial charge in [0.1, 0.15) is 29.1 Å². The number of hydrogen-bond donors (Lipinski definition) is 1. The summed E-state index contributed by atoms with van der Waals surface area (Å²) < 4.78 is 17.1. The van der Waals surface area contributed by atoms with Crippen LogP contribution in [-0.2, 0) is 6.42 Å². The highest BCUT2D eigenvalue weighted by Crippen LogP contribution is 2.45. The van der Waals surface area contributed by atoms with Gasteiger partial charge in [-0.15, -0.1) is 0 Å². The minimum Gasteiger partial charge on any atom is -0.508 e. The molecule has 0 unspecified atom stereocenters. The van der Waals surface area contributed by atoms with Gasteiger partial charge in [-0.25, -0.2) is 0 Å². The summed E-state index contributed by atoms with van der Waals surface area (Å²) in [5, 5.41) is 9.42. The van der Waals surface area contributed by atoms with Gasteiger partial charge < -0.3 is 19.3 Å². The van der Waals surface area contributed by atoms with E-state index in [1.165, 1.54) is 0 Å². The minimum absolute atomic E-state index is 0.0244. The van der Waals surface area contributed by atoms with Gasteiger partial charge in [0.25, 0.3) is 0 Å². The second kappa shape index (κ2) is 5.79. The van der Waals surface area contributed by atoms with E-state index in [2.05, 4.69) is 0 Å². The molecular formula is C18H20O4. The third-order valence-electron chi connectivity index (χ3n) is 4.17. The van der Waals surface area contributed by atoms with Crippen molar-refractivity contribution in [3.8, 4) is 23.0 Å². The Labute approximate surface area is 130 Å². The van der Waals surface area contributed by atoms with Gasteiger partial charge in [-0.1, -0.05) is 12.1 Å². The number of ether oxygens (including phenoxy) is 3. The van der Waals surface area contributed by atoms with E-state index in [0.717, 1.165) is 46.8 Å². The molecule has 1 N–H and O–H groups in total. The molecular weight excluding hydrogens is 280 g/mol. The van der Waals surface area contributed by atoms with Crippen LogP contribution >= 0.6 is 0 Å². The molecule has 0 saturated carbocycles. The van der Waals surface area contributed by atoms with Crippen LogP contribution in [0.4, 0.5) is 0 Å². The molecule has 0 aliphatic carbocycles. The fourth-order valence-electron chi connectivity index (χ4n) is 2.96. The summed E-state index contributed by atoms with van der Waals surface area (Å²) in [6.07, 6.45) is 1.73. The van der Waals surface area contributed by atoms with E-state index in [1.54, 1.807) is 26.4 Å². The highest BCUT2D eigenvalue weighted by Gasteiger charge is 2.27. The first kappa shape index (κ1) is 14.6. The Bertz CT molecular complexity index is 676. The molecule has 116 valence electrons. The van der Waals surface area contributed by atoms with Crippen LogP contribution in [0, 0.1) is 6.92 Å². The van der Waals surface area contributed by atoms with E-state index in [9.17, 15) is 5.11 Å². The first-order valence-electron chi connectivity index (χ1n) is 7.34. The van der Waals surface area contributed by atoms with Crippen LogP contribution in [0.5, 0.6) is 23.0 Å². The van der Waals surface area contributed by atoms with Crippen molar-refractivity contribution in [2.24, 2.45) is 0 Å². The van der Waals surface area contributed by atoms with E-state index in [1.807, 2.05) is 25.1 Å². The molecule has 4 heteroatoms. The SMILES string of the molecule is COc1cc(OC)c2c(c1C)O[C@H](c1ccc(O)cc1)CC2. The predicted molar refractivity (Wildman–Crippen MR) is 84.1 cm³/mol. The van der Waals surface area contributed by atoms with Crippen LogP contribution < -0.4 is 14.2 Å². The maximum Gasteiger partial charge on any atom is 0.133 e. The number of methoxy groups -OCH3 is 2. The van der Waals surface area contributed by atoms with E-state index in [-0.39, 0.29) is 11.9 Å². The zero-order chi connectivity index (χ0) is 15.7. The highest BCUT2D eigenvalue weighted by atomic mass is 16.5. The molecule has 4 nitrogen and oxygen atoms in total. The molecule has 1 atom stereocenters. The number of hydrogen-bond acceptors (Lipinski definition) is 4. The summed E-state index contributed by atoms with van der Waals surface area (Å²) in [5.41, 5.74) is 3.14. The average molecular weight is 300 g/mol. The zero-order valence-corrected chi connectivity index (χ0v) is 13.1. The van der Waals surface area contributed by atoms with Crippen LogP contribution in [-0.4, -0.2) is 19.3 Å². The smallest absolute Gasteiger partial charge is 0.133 e. The summed E-state index contributed by atoms with van der Waals surface area (Å²) in [6, 6.07) is 9.09. The summed E-state index contributed by atoms with van der Waals surface area (Å²) in [5.74, 6) is 2.68. The number of phenols is 1. The molecule has 1 heterocycles. The van der Waals surface area contributed by atoms with Gasteiger partial charge in [-0.2, -0.15) is 0 Å². The molecule has 2 aromatic carbocycles. The molecule has 0 spiro atoms. The Balaban J connectivity index is 1.99. The monoisotopic (exact) mass is 300 g/mol. The van der Waals surface area contributed by atoms with E-state index in [0.29, 0.717) is 0 Å². The van der Waals surface area contributed by atoms with Gasteiger partial charge in [-0.3, -0.25) is 0 Å². The largest absolute Gasteiger partial charge is 0.508 e. The van der Waals surface area contributed by atoms with Gasteiger partial charge in [0.15, 0.2) is 0 Å². The molecule has 1 aliphatic heterocycles. The first-order valence-corrected chi connectivity index (χ1v) is 7.34. The zero-order valence-electron chi connectivity index (χ0n) is 13.1. The third-order valence-corrected chi connectivity index (χ3v) is 4.17. The fourth-order valence-corrected chi connectivity index (χ4v) is 2.96. The van der Waals surface area contributed by atoms with Gasteiger partial charge >= 0.3 is 0 Å². The summed E-state index contributed by atoms with van der Waals surface area (Å²) in [6.45, 7) is 2.00. The molecule has 0 amide bonds. The van der Waals surface area contributed by atoms with E-state index >= 15 is 0 Å². The Hall–Kier alpha value is -2.36. The molecule has 3 rings (SSSR count). The van der Waals surface area contributed by atoms with Crippen molar-refractivity contribution in [1.29, 1.82) is 0 Å². The van der Waals surface area contributed by atoms with Crippen LogP contribution in [0.15, 0.2) is 30.3 Å². The predicted octanol–water partition coefficient (Wildman–Crippen LogP) is 3.78. The third kappa shape index (κ3) is 2.45. The van der Waals surface area contributed by atoms with Crippen molar-refractivity contribution in [2.75, 3.05) is 14.2 Å². The summed E-state index contributed by atoms with van der Waals surface area (Å²) in [7, 11) is 3.31. The number of fused-ring (bicyclic) bond motifs is 1. The van der Waals surface area contributed by atoms with Crippen LogP contribution in [0.2, 0.25) is 0 Å². The molecule has 0 saturated heterocycles. The maximum absolute atomic E-state index is 9.42. The van der Waals surface area contributed by atoms with Gasteiger partial charge in [-0.05, 0) is 37.5 Å². The van der Waals surface area contributed by atoms with Crippen LogP contribution in [0.25, 0.3) is 0 Å². The molecule has 0 radical (unpaired) electrons. The maximum atomic E-state index is 9.42. The molecule has 2 aromatic rings. The minimum atomic E-state index is -0.0244. The standard InChI is InChI=1S/C18H20O4/c1-11-16(20-2)10-17(21-3)14-8-9-15(22-18(11)14)12-4-6-13(19)7-5-12/h4-7,10,15,19H,8-9H2,1-3H3/t15-/m0/s1. The van der Waals surface area contributed by atoms with E-state index in [4.69, 9.17) is 14.2 Å². The van der Waals surface area contributed by atoms with Crippen molar-refractivity contribution >= 4 is 0 Å². The Kier molecular flexibility index (Phi) is 3.84. The second-order valence-electron chi connectivity index (χ2n) is 5.45. The molecule has 0 bridgehead atoms. The number of aromatic hydroxyl groups is 1. The molecule has 0 aromatic heterocycles. The molecule has 0 fully saturated rings. The van der Waals surface area contributed by atoms with Crippen LogP contribution in [0.1, 0.15) is 29.2 Å². The number of rotatable bonds is 3. The Morgan fingerprint density at radius 3 is 2.41 bits per heavy atom. The summed E-state index contributed by atoms with van der Waals surface area (Å²) in [4.78, 5) is 0. The van der Waals surface area contributed by atoms with Crippen LogP contribution in [0.3, 0.4) is 0 Å². The second-order valence-corrected chi connectivity index (χ2v) is 5.45. The topological polar surface area (TPSA) is 47.9 Å². The lowest BCUT2D eigenvalue weighted by molar-refractivity contribution is 0.172. The van der Waals surface area contributed by atoms with Crippen molar-refractivity contribution in [2.45, 2.75) is 25.9 Å². The molecule has 22 heavy (non-hydrogen) atoms. The van der Waals surface area contributed by atoms with Crippen molar-refractivity contribution in [3.63, 3.8) is 0 Å². The Morgan fingerprint density at radius 1 is 1.09 bits per heavy atom. The lowest BCUT2D eigenvalue weighted by Crippen LogP contribution is -2.17. The number of phenolic OH excluding ortho intramolecular Hbond substituents is 1. The Morgan fingerprint density at radius 2 is 1.77 bits per heavy atom. The normalized spacial score (nSPS) is 16.6. The fraction of sp³-hybridized carbons (Fsp3) is 0.333. The van der Waals surface area contributed by atoms with Gasteiger partial charge in [0, 0.05) is 17.2 Å². The summed E-state index contributed by atoms with van der Waals surface area (Å²) >= 11 is 0. The highest BCUT2D eigenvalue weighted by molar-refractivity contribution is 5.57. The van der Waals surface area contributed by atoms with Crippen molar-refractivity contribution in [1.82, 2.24) is 0 Å². The lowest BCUT2D eigenvalue weighted by Gasteiger charge is -2.29. The first-order chi connectivity index (χ1) is 10.6.